The second-order valence-electron chi connectivity index (χ2n) is 6.88. The molecule has 1 aromatic heterocycles. The highest BCUT2D eigenvalue weighted by Crippen LogP contribution is 2.25. The maximum absolute atomic E-state index is 11.8. The standard InChI is InChI=1S/C21H28N4O2/c1-7-15(4)23-20(26)21(27)24-22-12-18-11-16(5)25(17(18)6)19-13(2)9-8-10-14(19)3/h8-12,15H,7H2,1-6H3,(H,23,26)(H,24,27)/b22-12-/t15-/m0/s1. The summed E-state index contributed by atoms with van der Waals surface area (Å²) in [4.78, 5) is 23.5. The highest BCUT2D eigenvalue weighted by atomic mass is 16.2. The van der Waals surface area contributed by atoms with E-state index >= 15 is 0 Å². The van der Waals surface area contributed by atoms with Crippen LogP contribution < -0.4 is 10.7 Å². The van der Waals surface area contributed by atoms with E-state index in [-0.39, 0.29) is 6.04 Å². The van der Waals surface area contributed by atoms with Gasteiger partial charge in [0.15, 0.2) is 0 Å². The number of benzene rings is 1. The smallest absolute Gasteiger partial charge is 0.329 e. The highest BCUT2D eigenvalue weighted by molar-refractivity contribution is 6.35. The van der Waals surface area contributed by atoms with Crippen molar-refractivity contribution in [3.8, 4) is 5.69 Å². The molecule has 2 rings (SSSR count). The molecule has 0 spiro atoms. The third kappa shape index (κ3) is 4.64. The average molecular weight is 368 g/mol. The molecule has 144 valence electrons. The van der Waals surface area contributed by atoms with Crippen LogP contribution in [0.25, 0.3) is 5.69 Å². The molecule has 0 aliphatic rings. The molecule has 27 heavy (non-hydrogen) atoms. The lowest BCUT2D eigenvalue weighted by molar-refractivity contribution is -0.139. The van der Waals surface area contributed by atoms with Gasteiger partial charge in [0, 0.05) is 23.0 Å². The van der Waals surface area contributed by atoms with Crippen molar-refractivity contribution in [2.24, 2.45) is 5.10 Å². The fourth-order valence-electron chi connectivity index (χ4n) is 3.02. The van der Waals surface area contributed by atoms with Crippen LogP contribution >= 0.6 is 0 Å². The zero-order valence-corrected chi connectivity index (χ0v) is 16.9. The van der Waals surface area contributed by atoms with Crippen molar-refractivity contribution in [3.63, 3.8) is 0 Å². The van der Waals surface area contributed by atoms with Crippen LogP contribution in [0.1, 0.15) is 48.3 Å². The number of nitrogens with zero attached hydrogens (tertiary/aromatic N) is 2. The molecule has 6 nitrogen and oxygen atoms in total. The first-order valence-electron chi connectivity index (χ1n) is 9.15. The van der Waals surface area contributed by atoms with Gasteiger partial charge in [-0.05, 0) is 58.2 Å². The molecule has 0 aliphatic carbocycles. The summed E-state index contributed by atoms with van der Waals surface area (Å²) >= 11 is 0. The molecule has 2 amide bonds. The van der Waals surface area contributed by atoms with E-state index in [0.29, 0.717) is 0 Å². The number of hydrogen-bond acceptors (Lipinski definition) is 3. The Morgan fingerprint density at radius 3 is 2.37 bits per heavy atom. The van der Waals surface area contributed by atoms with Gasteiger partial charge in [-0.15, -0.1) is 0 Å². The molecular weight excluding hydrogens is 340 g/mol. The predicted octanol–water partition coefficient (Wildman–Crippen LogP) is 3.08. The minimum Gasteiger partial charge on any atom is -0.345 e. The number of aryl methyl sites for hydroxylation is 3. The van der Waals surface area contributed by atoms with E-state index < -0.39 is 11.8 Å². The number of aromatic nitrogens is 1. The average Bonchev–Trinajstić information content (AvgIpc) is 2.89. The van der Waals surface area contributed by atoms with Crippen LogP contribution in [0.15, 0.2) is 29.4 Å². The van der Waals surface area contributed by atoms with E-state index in [1.807, 2.05) is 39.8 Å². The molecule has 0 unspecified atom stereocenters. The Morgan fingerprint density at radius 2 is 1.78 bits per heavy atom. The van der Waals surface area contributed by atoms with E-state index in [0.717, 1.165) is 29.1 Å². The number of hydrogen-bond donors (Lipinski definition) is 2. The van der Waals surface area contributed by atoms with E-state index in [1.165, 1.54) is 11.1 Å². The summed E-state index contributed by atoms with van der Waals surface area (Å²) in [6, 6.07) is 8.18. The first-order chi connectivity index (χ1) is 12.8. The minimum atomic E-state index is -0.768. The number of carbonyl (C=O) groups is 2. The van der Waals surface area contributed by atoms with Crippen LogP contribution in [0, 0.1) is 27.7 Å². The Hall–Kier alpha value is -2.89. The van der Waals surface area contributed by atoms with Gasteiger partial charge >= 0.3 is 11.8 Å². The molecule has 1 heterocycles. The second-order valence-corrected chi connectivity index (χ2v) is 6.88. The summed E-state index contributed by atoms with van der Waals surface area (Å²) in [5.41, 5.74) is 8.81. The summed E-state index contributed by atoms with van der Waals surface area (Å²) < 4.78 is 2.18. The molecule has 0 saturated carbocycles. The molecule has 0 radical (unpaired) electrons. The van der Waals surface area contributed by atoms with Gasteiger partial charge < -0.3 is 9.88 Å². The molecule has 1 atom stereocenters. The Labute approximate surface area is 160 Å². The number of hydrazone groups is 1. The topological polar surface area (TPSA) is 75.5 Å². The normalized spacial score (nSPS) is 12.2. The molecule has 2 aromatic rings. The van der Waals surface area contributed by atoms with E-state index in [4.69, 9.17) is 0 Å². The van der Waals surface area contributed by atoms with Crippen molar-refractivity contribution in [2.45, 2.75) is 54.0 Å². The SMILES string of the molecule is CC[C@H](C)NC(=O)C(=O)N/N=C\c1cc(C)n(-c2c(C)cccc2C)c1C. The lowest BCUT2D eigenvalue weighted by Crippen LogP contribution is -2.41. The quantitative estimate of drug-likeness (QED) is 0.483. The van der Waals surface area contributed by atoms with Crippen LogP contribution in [0.2, 0.25) is 0 Å². The maximum atomic E-state index is 11.8. The molecule has 6 heteroatoms. The zero-order valence-electron chi connectivity index (χ0n) is 16.9. The number of amides is 2. The van der Waals surface area contributed by atoms with E-state index in [9.17, 15) is 9.59 Å². The van der Waals surface area contributed by atoms with E-state index in [2.05, 4.69) is 46.4 Å². The monoisotopic (exact) mass is 368 g/mol. The van der Waals surface area contributed by atoms with Gasteiger partial charge in [-0.1, -0.05) is 25.1 Å². The summed E-state index contributed by atoms with van der Waals surface area (Å²) in [7, 11) is 0. The predicted molar refractivity (Wildman–Crippen MR) is 108 cm³/mol. The lowest BCUT2D eigenvalue weighted by atomic mass is 10.1. The number of nitrogens with one attached hydrogen (secondary N) is 2. The molecule has 2 N–H and O–H groups in total. The van der Waals surface area contributed by atoms with Crippen molar-refractivity contribution >= 4 is 18.0 Å². The van der Waals surface area contributed by atoms with Gasteiger partial charge in [-0.3, -0.25) is 9.59 Å². The summed E-state index contributed by atoms with van der Waals surface area (Å²) in [5.74, 6) is -1.45. The fraction of sp³-hybridized carbons (Fsp3) is 0.381. The summed E-state index contributed by atoms with van der Waals surface area (Å²) in [5, 5.41) is 6.56. The molecular formula is C21H28N4O2. The van der Waals surface area contributed by atoms with Gasteiger partial charge in [-0.25, -0.2) is 5.43 Å². The third-order valence-electron chi connectivity index (χ3n) is 4.70. The van der Waals surface area contributed by atoms with Crippen molar-refractivity contribution in [3.05, 3.63) is 52.3 Å². The van der Waals surface area contributed by atoms with Crippen LogP contribution in [0.5, 0.6) is 0 Å². The summed E-state index contributed by atoms with van der Waals surface area (Å²) in [6.45, 7) is 12.0. The Morgan fingerprint density at radius 1 is 1.15 bits per heavy atom. The highest BCUT2D eigenvalue weighted by Gasteiger charge is 2.15. The van der Waals surface area contributed by atoms with Crippen LogP contribution in [-0.2, 0) is 9.59 Å². The number of rotatable bonds is 5. The Bertz CT molecular complexity index is 860. The first-order valence-corrected chi connectivity index (χ1v) is 9.15. The lowest BCUT2D eigenvalue weighted by Gasteiger charge is -2.15. The molecule has 0 saturated heterocycles. The van der Waals surface area contributed by atoms with Gasteiger partial charge in [0.2, 0.25) is 0 Å². The van der Waals surface area contributed by atoms with Gasteiger partial charge in [0.1, 0.15) is 0 Å². The van der Waals surface area contributed by atoms with Crippen molar-refractivity contribution < 1.29 is 9.59 Å². The molecule has 0 bridgehead atoms. The fourth-order valence-corrected chi connectivity index (χ4v) is 3.02. The zero-order chi connectivity index (χ0) is 20.1. The van der Waals surface area contributed by atoms with E-state index in [1.54, 1.807) is 6.21 Å². The number of para-hydroxylation sites is 1. The van der Waals surface area contributed by atoms with Crippen molar-refractivity contribution in [1.29, 1.82) is 0 Å². The minimum absolute atomic E-state index is 0.0523. The molecule has 1 aromatic carbocycles. The van der Waals surface area contributed by atoms with Crippen molar-refractivity contribution in [1.82, 2.24) is 15.3 Å². The number of carbonyl (C=O) groups excluding carboxylic acids is 2. The van der Waals surface area contributed by atoms with Gasteiger partial charge in [0.05, 0.1) is 11.9 Å². The maximum Gasteiger partial charge on any atom is 0.329 e. The first kappa shape index (κ1) is 20.4. The Balaban J connectivity index is 2.19. The van der Waals surface area contributed by atoms with Crippen LogP contribution in [-0.4, -0.2) is 28.6 Å². The third-order valence-corrected chi connectivity index (χ3v) is 4.70. The van der Waals surface area contributed by atoms with Crippen LogP contribution in [0.4, 0.5) is 0 Å². The van der Waals surface area contributed by atoms with Gasteiger partial charge in [0.25, 0.3) is 0 Å². The van der Waals surface area contributed by atoms with Gasteiger partial charge in [-0.2, -0.15) is 5.10 Å². The Kier molecular flexibility index (Phi) is 6.55. The largest absolute Gasteiger partial charge is 0.345 e. The summed E-state index contributed by atoms with van der Waals surface area (Å²) in [6.07, 6.45) is 2.33. The second kappa shape index (κ2) is 8.66. The molecule has 0 fully saturated rings. The van der Waals surface area contributed by atoms with Crippen LogP contribution in [0.3, 0.4) is 0 Å². The molecule has 0 aliphatic heterocycles. The van der Waals surface area contributed by atoms with Crippen molar-refractivity contribution in [2.75, 3.05) is 0 Å².